The number of ether oxygens (including phenoxy) is 1. The number of nitrogens with one attached hydrogen (secondary N) is 1. The van der Waals surface area contributed by atoms with E-state index in [1.54, 1.807) is 24.5 Å². The second-order valence-corrected chi connectivity index (χ2v) is 6.53. The lowest BCUT2D eigenvalue weighted by atomic mass is 9.89. The van der Waals surface area contributed by atoms with Crippen LogP contribution < -0.4 is 10.1 Å². The van der Waals surface area contributed by atoms with Crippen LogP contribution in [0.2, 0.25) is 0 Å². The molecule has 0 aliphatic carbocycles. The first kappa shape index (κ1) is 15.5. The van der Waals surface area contributed by atoms with Crippen molar-refractivity contribution < 1.29 is 13.9 Å². The summed E-state index contributed by atoms with van der Waals surface area (Å²) in [5, 5.41) is 3.01. The van der Waals surface area contributed by atoms with Gasteiger partial charge in [0.2, 0.25) is 0 Å². The summed E-state index contributed by atoms with van der Waals surface area (Å²) in [6, 6.07) is 5.97. The van der Waals surface area contributed by atoms with Crippen LogP contribution in [0.25, 0.3) is 0 Å². The van der Waals surface area contributed by atoms with Gasteiger partial charge in [-0.15, -0.1) is 0 Å². The Balaban J connectivity index is 1.89. The molecular formula is C18H19FN2O2. The third kappa shape index (κ3) is 3.33. The molecule has 0 fully saturated rings. The van der Waals surface area contributed by atoms with E-state index >= 15 is 0 Å². The highest BCUT2D eigenvalue weighted by atomic mass is 19.1. The lowest BCUT2D eigenvalue weighted by Crippen LogP contribution is -2.41. The van der Waals surface area contributed by atoms with E-state index in [4.69, 9.17) is 4.74 Å². The van der Waals surface area contributed by atoms with Gasteiger partial charge in [0.05, 0.1) is 11.6 Å². The van der Waals surface area contributed by atoms with Gasteiger partial charge in [0, 0.05) is 30.4 Å². The molecule has 0 spiro atoms. The van der Waals surface area contributed by atoms with Gasteiger partial charge in [0.15, 0.2) is 0 Å². The van der Waals surface area contributed by atoms with Crippen molar-refractivity contribution in [3.05, 3.63) is 59.2 Å². The van der Waals surface area contributed by atoms with E-state index in [1.807, 2.05) is 20.8 Å². The Morgan fingerprint density at radius 1 is 1.35 bits per heavy atom. The minimum atomic E-state index is -0.483. The third-order valence-corrected chi connectivity index (χ3v) is 3.88. The average Bonchev–Trinajstić information content (AvgIpc) is 2.45. The SMILES string of the molecule is Cc1cncc(C(=O)NC2CC(C)(C)Oc3cc(F)ccc32)c1. The topological polar surface area (TPSA) is 51.2 Å². The van der Waals surface area contributed by atoms with Gasteiger partial charge in [-0.3, -0.25) is 9.78 Å². The lowest BCUT2D eigenvalue weighted by molar-refractivity contribution is 0.0616. The number of carbonyl (C=O) groups excluding carboxylic acids is 1. The van der Waals surface area contributed by atoms with E-state index in [2.05, 4.69) is 10.3 Å². The molecule has 0 saturated heterocycles. The maximum absolute atomic E-state index is 13.5. The number of halogens is 1. The highest BCUT2D eigenvalue weighted by Gasteiger charge is 2.34. The standard InChI is InChI=1S/C18H19FN2O2/c1-11-6-12(10-20-9-11)17(22)21-15-8-18(2,3)23-16-7-13(19)4-5-14(15)16/h4-7,9-10,15H,8H2,1-3H3,(H,21,22). The van der Waals surface area contributed by atoms with Gasteiger partial charge < -0.3 is 10.1 Å². The van der Waals surface area contributed by atoms with E-state index in [9.17, 15) is 9.18 Å². The van der Waals surface area contributed by atoms with Crippen molar-refractivity contribution in [2.24, 2.45) is 0 Å². The maximum atomic E-state index is 13.5. The Hall–Kier alpha value is -2.43. The predicted molar refractivity (Wildman–Crippen MR) is 84.9 cm³/mol. The van der Waals surface area contributed by atoms with Crippen molar-refractivity contribution in [3.8, 4) is 5.75 Å². The molecule has 1 unspecified atom stereocenters. The van der Waals surface area contributed by atoms with Crippen LogP contribution in [0.15, 0.2) is 36.7 Å². The van der Waals surface area contributed by atoms with Crippen LogP contribution >= 0.6 is 0 Å². The molecule has 1 amide bonds. The summed E-state index contributed by atoms with van der Waals surface area (Å²) in [6.07, 6.45) is 3.85. The number of benzene rings is 1. The van der Waals surface area contributed by atoms with E-state index < -0.39 is 5.60 Å². The van der Waals surface area contributed by atoms with Gasteiger partial charge in [0.25, 0.3) is 5.91 Å². The molecule has 23 heavy (non-hydrogen) atoms. The first-order valence-corrected chi connectivity index (χ1v) is 7.55. The van der Waals surface area contributed by atoms with Gasteiger partial charge in [-0.25, -0.2) is 4.39 Å². The van der Waals surface area contributed by atoms with E-state index in [0.717, 1.165) is 11.1 Å². The van der Waals surface area contributed by atoms with E-state index in [0.29, 0.717) is 17.7 Å². The zero-order valence-electron chi connectivity index (χ0n) is 13.4. The number of hydrogen-bond donors (Lipinski definition) is 1. The molecule has 4 nitrogen and oxygen atoms in total. The Kier molecular flexibility index (Phi) is 3.80. The molecule has 0 radical (unpaired) electrons. The summed E-state index contributed by atoms with van der Waals surface area (Å²) in [7, 11) is 0. The number of aromatic nitrogens is 1. The van der Waals surface area contributed by atoms with Crippen LogP contribution in [0.3, 0.4) is 0 Å². The number of nitrogens with zero attached hydrogens (tertiary/aromatic N) is 1. The maximum Gasteiger partial charge on any atom is 0.253 e. The smallest absolute Gasteiger partial charge is 0.253 e. The fourth-order valence-corrected chi connectivity index (χ4v) is 2.87. The minimum Gasteiger partial charge on any atom is -0.487 e. The Morgan fingerprint density at radius 2 is 2.13 bits per heavy atom. The van der Waals surface area contributed by atoms with Crippen molar-refractivity contribution in [3.63, 3.8) is 0 Å². The van der Waals surface area contributed by atoms with Gasteiger partial charge in [-0.2, -0.15) is 0 Å². The van der Waals surface area contributed by atoms with Gasteiger partial charge in [0.1, 0.15) is 17.2 Å². The van der Waals surface area contributed by atoms with Crippen LogP contribution in [0.1, 0.15) is 47.8 Å². The number of pyridine rings is 1. The second kappa shape index (κ2) is 5.65. The molecule has 1 aromatic carbocycles. The van der Waals surface area contributed by atoms with Crippen molar-refractivity contribution in [1.29, 1.82) is 0 Å². The number of carbonyl (C=O) groups is 1. The van der Waals surface area contributed by atoms with Crippen LogP contribution in [0.4, 0.5) is 4.39 Å². The molecule has 1 aromatic heterocycles. The van der Waals surface area contributed by atoms with Crippen molar-refractivity contribution >= 4 is 5.91 Å². The molecule has 2 heterocycles. The zero-order valence-corrected chi connectivity index (χ0v) is 13.4. The fraction of sp³-hybridized carbons (Fsp3) is 0.333. The van der Waals surface area contributed by atoms with Crippen LogP contribution in [0.5, 0.6) is 5.75 Å². The molecule has 120 valence electrons. The quantitative estimate of drug-likeness (QED) is 0.922. The van der Waals surface area contributed by atoms with Crippen LogP contribution in [-0.4, -0.2) is 16.5 Å². The monoisotopic (exact) mass is 314 g/mol. The number of fused-ring (bicyclic) bond motifs is 1. The lowest BCUT2D eigenvalue weighted by Gasteiger charge is -2.37. The van der Waals surface area contributed by atoms with E-state index in [-0.39, 0.29) is 17.8 Å². The highest BCUT2D eigenvalue weighted by Crippen LogP contribution is 2.39. The molecule has 1 aliphatic rings. The Morgan fingerprint density at radius 3 is 2.87 bits per heavy atom. The zero-order chi connectivity index (χ0) is 16.6. The fourth-order valence-electron chi connectivity index (χ4n) is 2.87. The van der Waals surface area contributed by atoms with Crippen LogP contribution in [-0.2, 0) is 0 Å². The number of aryl methyl sites for hydroxylation is 1. The van der Waals surface area contributed by atoms with Crippen LogP contribution in [0, 0.1) is 12.7 Å². The number of amides is 1. The normalized spacial score (nSPS) is 18.7. The molecular weight excluding hydrogens is 295 g/mol. The van der Waals surface area contributed by atoms with Crippen molar-refractivity contribution in [2.45, 2.75) is 38.8 Å². The van der Waals surface area contributed by atoms with Gasteiger partial charge in [-0.05, 0) is 38.5 Å². The molecule has 5 heteroatoms. The number of rotatable bonds is 2. The predicted octanol–water partition coefficient (Wildman–Crippen LogP) is 3.56. The highest BCUT2D eigenvalue weighted by molar-refractivity contribution is 5.94. The second-order valence-electron chi connectivity index (χ2n) is 6.53. The molecule has 0 bridgehead atoms. The van der Waals surface area contributed by atoms with Crippen molar-refractivity contribution in [1.82, 2.24) is 10.3 Å². The number of hydrogen-bond acceptors (Lipinski definition) is 3. The molecule has 1 atom stereocenters. The Labute approximate surface area is 134 Å². The summed E-state index contributed by atoms with van der Waals surface area (Å²) < 4.78 is 19.3. The first-order chi connectivity index (χ1) is 10.8. The summed E-state index contributed by atoms with van der Waals surface area (Å²) in [4.78, 5) is 16.5. The molecule has 1 aliphatic heterocycles. The molecule has 2 aromatic rings. The minimum absolute atomic E-state index is 0.195. The molecule has 1 N–H and O–H groups in total. The first-order valence-electron chi connectivity index (χ1n) is 7.55. The molecule has 3 rings (SSSR count). The third-order valence-electron chi connectivity index (χ3n) is 3.88. The summed E-state index contributed by atoms with van der Waals surface area (Å²) in [5.41, 5.74) is 1.74. The Bertz CT molecular complexity index is 758. The summed E-state index contributed by atoms with van der Waals surface area (Å²) in [6.45, 7) is 5.74. The average molecular weight is 314 g/mol. The summed E-state index contributed by atoms with van der Waals surface area (Å²) >= 11 is 0. The van der Waals surface area contributed by atoms with Crippen molar-refractivity contribution in [2.75, 3.05) is 0 Å². The van der Waals surface area contributed by atoms with Gasteiger partial charge in [-0.1, -0.05) is 6.07 Å². The summed E-state index contributed by atoms with van der Waals surface area (Å²) in [5.74, 6) is -0.0671. The van der Waals surface area contributed by atoms with Gasteiger partial charge >= 0.3 is 0 Å². The van der Waals surface area contributed by atoms with E-state index in [1.165, 1.54) is 12.1 Å². The molecule has 0 saturated carbocycles. The largest absolute Gasteiger partial charge is 0.487 e.